The summed E-state index contributed by atoms with van der Waals surface area (Å²) in [7, 11) is -2.88. The molecule has 0 heterocycles. The zero-order chi connectivity index (χ0) is 31.0. The lowest BCUT2D eigenvalue weighted by atomic mass is 10.0. The van der Waals surface area contributed by atoms with E-state index in [-0.39, 0.29) is 36.1 Å². The third-order valence-corrected chi connectivity index (χ3v) is 7.67. The van der Waals surface area contributed by atoms with E-state index in [1.807, 2.05) is 30.3 Å². The number of nitro groups is 1. The molecule has 0 fully saturated rings. The molecular formula is C29H33ClN4O7S. The fourth-order valence-electron chi connectivity index (χ4n) is 4.30. The molecule has 0 unspecified atom stereocenters. The van der Waals surface area contributed by atoms with E-state index in [2.05, 4.69) is 5.32 Å². The normalized spacial score (nSPS) is 12.0. The maximum absolute atomic E-state index is 14.1. The van der Waals surface area contributed by atoms with E-state index in [1.54, 1.807) is 38.1 Å². The van der Waals surface area contributed by atoms with Crippen LogP contribution in [0.1, 0.15) is 25.0 Å². The van der Waals surface area contributed by atoms with Crippen molar-refractivity contribution in [1.82, 2.24) is 10.2 Å². The Morgan fingerprint density at radius 1 is 1.02 bits per heavy atom. The number of benzene rings is 3. The number of ether oxygens (including phenoxy) is 1. The topological polar surface area (TPSA) is 139 Å². The number of amides is 2. The fraction of sp³-hybridized carbons (Fsp3) is 0.310. The van der Waals surface area contributed by atoms with Gasteiger partial charge in [0.05, 0.1) is 18.3 Å². The smallest absolute Gasteiger partial charge is 0.271 e. The summed E-state index contributed by atoms with van der Waals surface area (Å²) in [5, 5.41) is 14.8. The van der Waals surface area contributed by atoms with Gasteiger partial charge in [-0.15, -0.1) is 0 Å². The lowest BCUT2D eigenvalue weighted by molar-refractivity contribution is -0.384. The molecule has 1 N–H and O–H groups in total. The van der Waals surface area contributed by atoms with Crippen LogP contribution in [0, 0.1) is 10.1 Å². The number of rotatable bonds is 13. The SMILES string of the molecule is COc1ccc([N+](=O)[O-])cc1N(CC(=O)N(Cc1ccc(Cl)cc1)[C@@H](Cc1ccccc1)C(=O)NC(C)C)S(C)(=O)=O. The van der Waals surface area contributed by atoms with Crippen molar-refractivity contribution in [3.63, 3.8) is 0 Å². The first-order valence-corrected chi connectivity index (χ1v) is 15.2. The highest BCUT2D eigenvalue weighted by Gasteiger charge is 2.34. The van der Waals surface area contributed by atoms with Gasteiger partial charge < -0.3 is 15.0 Å². The van der Waals surface area contributed by atoms with Crippen LogP contribution < -0.4 is 14.4 Å². The zero-order valence-electron chi connectivity index (χ0n) is 23.7. The summed E-state index contributed by atoms with van der Waals surface area (Å²) in [6, 6.07) is 18.1. The molecule has 11 nitrogen and oxygen atoms in total. The lowest BCUT2D eigenvalue weighted by Crippen LogP contribution is -2.54. The highest BCUT2D eigenvalue weighted by Crippen LogP contribution is 2.34. The number of non-ortho nitro benzene ring substituents is 1. The highest BCUT2D eigenvalue weighted by molar-refractivity contribution is 7.92. The van der Waals surface area contributed by atoms with Crippen molar-refractivity contribution in [1.29, 1.82) is 0 Å². The number of nitrogens with zero attached hydrogens (tertiary/aromatic N) is 3. The summed E-state index contributed by atoms with van der Waals surface area (Å²) < 4.78 is 32.1. The maximum atomic E-state index is 14.1. The Kier molecular flexibility index (Phi) is 10.9. The van der Waals surface area contributed by atoms with Crippen molar-refractivity contribution in [3.05, 3.63) is 99.1 Å². The van der Waals surface area contributed by atoms with Crippen molar-refractivity contribution in [2.24, 2.45) is 0 Å². The molecule has 3 rings (SSSR count). The van der Waals surface area contributed by atoms with Gasteiger partial charge in [-0.3, -0.25) is 24.0 Å². The summed E-state index contributed by atoms with van der Waals surface area (Å²) in [4.78, 5) is 39.8. The molecule has 3 aromatic carbocycles. The number of methoxy groups -OCH3 is 1. The highest BCUT2D eigenvalue weighted by atomic mass is 35.5. The number of anilines is 1. The molecule has 224 valence electrons. The number of hydrogen-bond acceptors (Lipinski definition) is 7. The molecule has 0 saturated carbocycles. The number of nitrogens with one attached hydrogen (secondary N) is 1. The van der Waals surface area contributed by atoms with E-state index in [4.69, 9.17) is 16.3 Å². The molecule has 0 aliphatic rings. The molecule has 0 aliphatic carbocycles. The Morgan fingerprint density at radius 2 is 1.67 bits per heavy atom. The second kappa shape index (κ2) is 14.1. The largest absolute Gasteiger partial charge is 0.495 e. The first-order chi connectivity index (χ1) is 19.8. The summed E-state index contributed by atoms with van der Waals surface area (Å²) in [5.74, 6) is -1.11. The number of sulfonamides is 1. The number of carbonyl (C=O) groups excluding carboxylic acids is 2. The van der Waals surface area contributed by atoms with Gasteiger partial charge in [0.1, 0.15) is 24.0 Å². The maximum Gasteiger partial charge on any atom is 0.271 e. The Morgan fingerprint density at radius 3 is 2.21 bits per heavy atom. The molecule has 0 bridgehead atoms. The van der Waals surface area contributed by atoms with Crippen molar-refractivity contribution < 1.29 is 27.7 Å². The van der Waals surface area contributed by atoms with Gasteiger partial charge in [-0.2, -0.15) is 0 Å². The number of nitro benzene ring substituents is 1. The van der Waals surface area contributed by atoms with Crippen LogP contribution in [0.4, 0.5) is 11.4 Å². The van der Waals surface area contributed by atoms with Crippen LogP contribution in [-0.2, 0) is 32.6 Å². The monoisotopic (exact) mass is 616 g/mol. The summed E-state index contributed by atoms with van der Waals surface area (Å²) >= 11 is 6.06. The van der Waals surface area contributed by atoms with Crippen LogP contribution in [0.25, 0.3) is 0 Å². The van der Waals surface area contributed by atoms with Crippen molar-refractivity contribution in [2.75, 3.05) is 24.2 Å². The van der Waals surface area contributed by atoms with Gasteiger partial charge in [0.2, 0.25) is 21.8 Å². The van der Waals surface area contributed by atoms with Gasteiger partial charge in [0.25, 0.3) is 5.69 Å². The van der Waals surface area contributed by atoms with Crippen LogP contribution in [-0.4, -0.2) is 62.0 Å². The molecule has 13 heteroatoms. The zero-order valence-corrected chi connectivity index (χ0v) is 25.3. The minimum absolute atomic E-state index is 0.0152. The van der Waals surface area contributed by atoms with Gasteiger partial charge in [-0.05, 0) is 43.2 Å². The Bertz CT molecular complexity index is 1520. The van der Waals surface area contributed by atoms with E-state index < -0.39 is 39.3 Å². The fourth-order valence-corrected chi connectivity index (χ4v) is 5.27. The molecule has 2 amide bonds. The second-order valence-corrected chi connectivity index (χ2v) is 12.2. The molecule has 0 aliphatic heterocycles. The second-order valence-electron chi connectivity index (χ2n) is 9.90. The quantitative estimate of drug-likeness (QED) is 0.224. The molecule has 0 spiro atoms. The van der Waals surface area contributed by atoms with E-state index >= 15 is 0 Å². The van der Waals surface area contributed by atoms with Crippen molar-refractivity contribution >= 4 is 44.8 Å². The van der Waals surface area contributed by atoms with E-state index in [9.17, 15) is 28.1 Å². The molecule has 0 aromatic heterocycles. The van der Waals surface area contributed by atoms with Gasteiger partial charge >= 0.3 is 0 Å². The van der Waals surface area contributed by atoms with Crippen molar-refractivity contribution in [2.45, 2.75) is 38.9 Å². The van der Waals surface area contributed by atoms with E-state index in [0.717, 1.165) is 22.2 Å². The van der Waals surface area contributed by atoms with Gasteiger partial charge in [0.15, 0.2) is 0 Å². The third-order valence-electron chi connectivity index (χ3n) is 6.29. The standard InChI is InChI=1S/C29H33ClN4O7S/c1-20(2)31-29(36)26(16-21-8-6-5-7-9-21)32(18-22-10-12-23(30)13-11-22)28(35)19-33(42(4,39)40)25-17-24(34(37)38)14-15-27(25)41-3/h5-15,17,20,26H,16,18-19H2,1-4H3,(H,31,36)/t26-/m0/s1. The Balaban J connectivity index is 2.12. The van der Waals surface area contributed by atoms with E-state index in [0.29, 0.717) is 10.6 Å². The van der Waals surface area contributed by atoms with Crippen LogP contribution in [0.3, 0.4) is 0 Å². The van der Waals surface area contributed by atoms with Gasteiger partial charge in [0, 0.05) is 36.2 Å². The molecule has 42 heavy (non-hydrogen) atoms. The molecule has 0 saturated heterocycles. The lowest BCUT2D eigenvalue weighted by Gasteiger charge is -2.34. The van der Waals surface area contributed by atoms with Crippen LogP contribution in [0.2, 0.25) is 5.02 Å². The molecular weight excluding hydrogens is 584 g/mol. The minimum Gasteiger partial charge on any atom is -0.495 e. The molecule has 1 atom stereocenters. The van der Waals surface area contributed by atoms with Crippen LogP contribution in [0.15, 0.2) is 72.8 Å². The molecule has 0 radical (unpaired) electrons. The predicted molar refractivity (Wildman–Crippen MR) is 161 cm³/mol. The summed E-state index contributed by atoms with van der Waals surface area (Å²) in [6.45, 7) is 2.80. The predicted octanol–water partition coefficient (Wildman–Crippen LogP) is 4.19. The molecule has 3 aromatic rings. The van der Waals surface area contributed by atoms with Gasteiger partial charge in [-0.1, -0.05) is 54.1 Å². The number of halogens is 1. The average molecular weight is 617 g/mol. The third kappa shape index (κ3) is 8.67. The minimum atomic E-state index is -4.16. The van der Waals surface area contributed by atoms with Crippen molar-refractivity contribution in [3.8, 4) is 5.75 Å². The number of hydrogen-bond donors (Lipinski definition) is 1. The van der Waals surface area contributed by atoms with E-state index in [1.165, 1.54) is 24.1 Å². The average Bonchev–Trinajstić information content (AvgIpc) is 2.93. The van der Waals surface area contributed by atoms with Gasteiger partial charge in [-0.25, -0.2) is 8.42 Å². The summed E-state index contributed by atoms with van der Waals surface area (Å²) in [6.07, 6.45) is 1.03. The summed E-state index contributed by atoms with van der Waals surface area (Å²) in [5.41, 5.74) is 0.876. The van der Waals surface area contributed by atoms with Crippen LogP contribution >= 0.6 is 11.6 Å². The first kappa shape index (κ1) is 32.4. The first-order valence-electron chi connectivity index (χ1n) is 13.0. The Labute approximate surface area is 250 Å². The number of carbonyl (C=O) groups is 2. The van der Waals surface area contributed by atoms with Crippen LogP contribution in [0.5, 0.6) is 5.75 Å². The Hall–Kier alpha value is -4.16.